The molecule has 0 amide bonds. The molecule has 1 atom stereocenters. The molecule has 1 unspecified atom stereocenters. The van der Waals surface area contributed by atoms with Gasteiger partial charge in [-0.05, 0) is 37.5 Å². The van der Waals surface area contributed by atoms with Crippen molar-refractivity contribution in [2.45, 2.75) is 37.7 Å². The Kier molecular flexibility index (Phi) is 4.30. The highest BCUT2D eigenvalue weighted by molar-refractivity contribution is 7.89. The van der Waals surface area contributed by atoms with Crippen LogP contribution in [0.3, 0.4) is 0 Å². The van der Waals surface area contributed by atoms with Crippen LogP contribution >= 0.6 is 0 Å². The van der Waals surface area contributed by atoms with Gasteiger partial charge in [-0.15, -0.1) is 0 Å². The van der Waals surface area contributed by atoms with Gasteiger partial charge in [0, 0.05) is 25.3 Å². The number of benzene rings is 1. The Labute approximate surface area is 125 Å². The van der Waals surface area contributed by atoms with Crippen molar-refractivity contribution in [2.75, 3.05) is 25.5 Å². The Morgan fingerprint density at radius 1 is 1.38 bits per heavy atom. The third kappa shape index (κ3) is 3.21. The van der Waals surface area contributed by atoms with E-state index in [1.807, 2.05) is 6.92 Å². The highest BCUT2D eigenvalue weighted by Crippen LogP contribution is 2.28. The minimum atomic E-state index is -3.73. The van der Waals surface area contributed by atoms with Gasteiger partial charge in [0.2, 0.25) is 10.0 Å². The van der Waals surface area contributed by atoms with Crippen LogP contribution in [0.5, 0.6) is 0 Å². The number of anilines is 1. The summed E-state index contributed by atoms with van der Waals surface area (Å²) in [6.45, 7) is 5.79. The van der Waals surface area contributed by atoms with Gasteiger partial charge in [-0.2, -0.15) is 0 Å². The highest BCUT2D eigenvalue weighted by atomic mass is 32.2. The Bertz CT molecular complexity index is 649. The molecule has 21 heavy (non-hydrogen) atoms. The SMILES string of the molecule is Cc1cc(C)c(S(=O)(=O)NCC2(O)CCOC2)c(C)c1N. The molecular formula is C14H22N2O4S. The first-order valence-corrected chi connectivity index (χ1v) is 8.31. The first-order valence-electron chi connectivity index (χ1n) is 6.82. The van der Waals surface area contributed by atoms with E-state index in [2.05, 4.69) is 4.72 Å². The average molecular weight is 314 g/mol. The van der Waals surface area contributed by atoms with Gasteiger partial charge < -0.3 is 15.6 Å². The Hall–Kier alpha value is -1.15. The lowest BCUT2D eigenvalue weighted by Crippen LogP contribution is -2.43. The van der Waals surface area contributed by atoms with Gasteiger partial charge in [0.25, 0.3) is 0 Å². The number of nitrogens with one attached hydrogen (secondary N) is 1. The average Bonchev–Trinajstić information content (AvgIpc) is 2.81. The molecule has 1 saturated heterocycles. The molecule has 0 bridgehead atoms. The molecule has 0 radical (unpaired) electrons. The number of rotatable bonds is 4. The monoisotopic (exact) mass is 314 g/mol. The Morgan fingerprint density at radius 2 is 2.05 bits per heavy atom. The van der Waals surface area contributed by atoms with E-state index in [-0.39, 0.29) is 18.0 Å². The van der Waals surface area contributed by atoms with E-state index in [1.165, 1.54) is 0 Å². The number of aryl methyl sites for hydroxylation is 2. The highest BCUT2D eigenvalue weighted by Gasteiger charge is 2.34. The minimum absolute atomic E-state index is 0.0675. The molecule has 1 aromatic carbocycles. The van der Waals surface area contributed by atoms with Crippen molar-refractivity contribution in [1.29, 1.82) is 0 Å². The number of ether oxygens (including phenoxy) is 1. The molecule has 2 rings (SSSR count). The Morgan fingerprint density at radius 3 is 2.62 bits per heavy atom. The molecule has 1 aromatic rings. The second-order valence-electron chi connectivity index (χ2n) is 5.73. The zero-order valence-electron chi connectivity index (χ0n) is 12.6. The van der Waals surface area contributed by atoms with Crippen LogP contribution in [0.2, 0.25) is 0 Å². The predicted molar refractivity (Wildman–Crippen MR) is 80.6 cm³/mol. The van der Waals surface area contributed by atoms with Crippen LogP contribution in [-0.2, 0) is 14.8 Å². The molecule has 0 spiro atoms. The largest absolute Gasteiger partial charge is 0.398 e. The van der Waals surface area contributed by atoms with E-state index < -0.39 is 15.6 Å². The molecule has 4 N–H and O–H groups in total. The Balaban J connectivity index is 2.30. The molecule has 118 valence electrons. The molecule has 0 aliphatic carbocycles. The normalized spacial score (nSPS) is 22.7. The summed E-state index contributed by atoms with van der Waals surface area (Å²) in [6.07, 6.45) is 0.420. The quantitative estimate of drug-likeness (QED) is 0.707. The van der Waals surface area contributed by atoms with Crippen molar-refractivity contribution >= 4 is 15.7 Å². The van der Waals surface area contributed by atoms with Crippen LogP contribution in [-0.4, -0.2) is 38.9 Å². The maximum absolute atomic E-state index is 12.5. The van der Waals surface area contributed by atoms with Gasteiger partial charge >= 0.3 is 0 Å². The number of sulfonamides is 1. The lowest BCUT2D eigenvalue weighted by molar-refractivity contribution is 0.0314. The summed E-state index contributed by atoms with van der Waals surface area (Å²) in [5.41, 5.74) is 7.30. The van der Waals surface area contributed by atoms with Crippen LogP contribution in [0.4, 0.5) is 5.69 Å². The van der Waals surface area contributed by atoms with E-state index >= 15 is 0 Å². The van der Waals surface area contributed by atoms with Crippen molar-refractivity contribution in [2.24, 2.45) is 0 Å². The zero-order chi connectivity index (χ0) is 15.8. The van der Waals surface area contributed by atoms with Crippen LogP contribution < -0.4 is 10.5 Å². The summed E-state index contributed by atoms with van der Waals surface area (Å²) >= 11 is 0. The molecular weight excluding hydrogens is 292 g/mol. The van der Waals surface area contributed by atoms with Crippen LogP contribution in [0.25, 0.3) is 0 Å². The molecule has 1 aliphatic heterocycles. The second-order valence-corrected chi connectivity index (χ2v) is 7.43. The fraction of sp³-hybridized carbons (Fsp3) is 0.571. The van der Waals surface area contributed by atoms with Crippen molar-refractivity contribution in [3.63, 3.8) is 0 Å². The molecule has 7 heteroatoms. The van der Waals surface area contributed by atoms with Crippen LogP contribution in [0.1, 0.15) is 23.1 Å². The molecule has 0 saturated carbocycles. The summed E-state index contributed by atoms with van der Waals surface area (Å²) in [6, 6.07) is 1.75. The lowest BCUT2D eigenvalue weighted by atomic mass is 10.1. The first-order chi connectivity index (χ1) is 9.66. The number of nitrogen functional groups attached to an aromatic ring is 1. The maximum atomic E-state index is 12.5. The van der Waals surface area contributed by atoms with Gasteiger partial charge in [0.1, 0.15) is 5.60 Å². The number of aliphatic hydroxyl groups is 1. The smallest absolute Gasteiger partial charge is 0.241 e. The molecule has 1 heterocycles. The topological polar surface area (TPSA) is 102 Å². The second kappa shape index (κ2) is 5.57. The molecule has 1 fully saturated rings. The van der Waals surface area contributed by atoms with E-state index in [0.29, 0.717) is 29.8 Å². The van der Waals surface area contributed by atoms with E-state index in [4.69, 9.17) is 10.5 Å². The third-order valence-electron chi connectivity index (χ3n) is 3.90. The van der Waals surface area contributed by atoms with E-state index in [0.717, 1.165) is 5.56 Å². The number of hydrogen-bond donors (Lipinski definition) is 3. The van der Waals surface area contributed by atoms with Gasteiger partial charge in [0.05, 0.1) is 11.5 Å². The summed E-state index contributed by atoms with van der Waals surface area (Å²) in [4.78, 5) is 0.188. The molecule has 1 aliphatic rings. The number of nitrogens with two attached hydrogens (primary N) is 1. The number of hydrogen-bond acceptors (Lipinski definition) is 5. The zero-order valence-corrected chi connectivity index (χ0v) is 13.4. The van der Waals surface area contributed by atoms with E-state index in [1.54, 1.807) is 19.9 Å². The van der Waals surface area contributed by atoms with Gasteiger partial charge in [-0.1, -0.05) is 6.07 Å². The fourth-order valence-electron chi connectivity index (χ4n) is 2.63. The van der Waals surface area contributed by atoms with Crippen molar-refractivity contribution in [1.82, 2.24) is 4.72 Å². The summed E-state index contributed by atoms with van der Waals surface area (Å²) in [5.74, 6) is 0. The van der Waals surface area contributed by atoms with Gasteiger partial charge in [0.15, 0.2) is 0 Å². The summed E-state index contributed by atoms with van der Waals surface area (Å²) < 4.78 is 32.6. The van der Waals surface area contributed by atoms with Crippen molar-refractivity contribution in [3.05, 3.63) is 22.8 Å². The maximum Gasteiger partial charge on any atom is 0.241 e. The molecule has 0 aromatic heterocycles. The standard InChI is InChI=1S/C14H22N2O4S/c1-9-6-10(2)13(11(3)12(9)15)21(18,19)16-7-14(17)4-5-20-8-14/h6,16-17H,4-5,7-8,15H2,1-3H3. The van der Waals surface area contributed by atoms with Crippen LogP contribution in [0.15, 0.2) is 11.0 Å². The summed E-state index contributed by atoms with van der Waals surface area (Å²) in [5, 5.41) is 10.2. The third-order valence-corrected chi connectivity index (χ3v) is 5.59. The molecule has 6 nitrogen and oxygen atoms in total. The predicted octanol–water partition coefficient (Wildman–Crippen LogP) is 0.624. The van der Waals surface area contributed by atoms with E-state index in [9.17, 15) is 13.5 Å². The van der Waals surface area contributed by atoms with Crippen molar-refractivity contribution < 1.29 is 18.3 Å². The fourth-order valence-corrected chi connectivity index (χ4v) is 4.23. The minimum Gasteiger partial charge on any atom is -0.398 e. The van der Waals surface area contributed by atoms with Crippen LogP contribution in [0, 0.1) is 20.8 Å². The summed E-state index contributed by atoms with van der Waals surface area (Å²) in [7, 11) is -3.73. The van der Waals surface area contributed by atoms with Gasteiger partial charge in [-0.25, -0.2) is 13.1 Å². The van der Waals surface area contributed by atoms with Crippen molar-refractivity contribution in [3.8, 4) is 0 Å². The lowest BCUT2D eigenvalue weighted by Gasteiger charge is -2.22. The van der Waals surface area contributed by atoms with Gasteiger partial charge in [-0.3, -0.25) is 0 Å². The first kappa shape index (κ1) is 16.2.